The van der Waals surface area contributed by atoms with Crippen LogP contribution in [-0.4, -0.2) is 31.8 Å². The van der Waals surface area contributed by atoms with Crippen molar-refractivity contribution in [1.82, 2.24) is 4.72 Å². The quantitative estimate of drug-likeness (QED) is 0.872. The Labute approximate surface area is 115 Å². The Hall–Kier alpha value is -1.54. The predicted octanol–water partition coefficient (Wildman–Crippen LogP) is 1.03. The standard InChI is InChI=1S/C11H13N3O3S2/c1-8(15)13-9-2-4-10(5-3-9)19(16,17)14-11-12-6-7-18-11/h2-5H,6-7H2,1H3,(H,12,14)(H,13,15). The first kappa shape index (κ1) is 13.9. The zero-order valence-corrected chi connectivity index (χ0v) is 11.8. The first-order valence-electron chi connectivity index (χ1n) is 5.55. The number of aliphatic imine (C=N–C) groups is 1. The molecule has 1 aliphatic heterocycles. The van der Waals surface area contributed by atoms with Crippen molar-refractivity contribution in [3.05, 3.63) is 24.3 Å². The van der Waals surface area contributed by atoms with Gasteiger partial charge in [0.05, 0.1) is 11.4 Å². The third-order valence-electron chi connectivity index (χ3n) is 2.29. The molecular weight excluding hydrogens is 286 g/mol. The van der Waals surface area contributed by atoms with Gasteiger partial charge in [0.1, 0.15) is 0 Å². The molecule has 1 aromatic rings. The maximum absolute atomic E-state index is 12.0. The van der Waals surface area contributed by atoms with Gasteiger partial charge >= 0.3 is 0 Å². The minimum atomic E-state index is -3.60. The van der Waals surface area contributed by atoms with E-state index in [4.69, 9.17) is 0 Å². The first-order valence-corrected chi connectivity index (χ1v) is 8.02. The van der Waals surface area contributed by atoms with Gasteiger partial charge < -0.3 is 5.32 Å². The minimum Gasteiger partial charge on any atom is -0.326 e. The minimum absolute atomic E-state index is 0.136. The van der Waals surface area contributed by atoms with E-state index in [1.165, 1.54) is 30.8 Å². The van der Waals surface area contributed by atoms with E-state index in [2.05, 4.69) is 15.0 Å². The molecule has 0 fully saturated rings. The van der Waals surface area contributed by atoms with E-state index in [-0.39, 0.29) is 10.8 Å². The molecule has 0 saturated heterocycles. The van der Waals surface area contributed by atoms with Crippen molar-refractivity contribution in [2.45, 2.75) is 11.8 Å². The number of rotatable bonds is 3. The molecule has 8 heteroatoms. The highest BCUT2D eigenvalue weighted by Gasteiger charge is 2.18. The van der Waals surface area contributed by atoms with Crippen LogP contribution in [0.2, 0.25) is 0 Å². The predicted molar refractivity (Wildman–Crippen MR) is 75.8 cm³/mol. The molecule has 0 bridgehead atoms. The summed E-state index contributed by atoms with van der Waals surface area (Å²) in [6.45, 7) is 2.02. The number of hydrogen-bond acceptors (Lipinski definition) is 5. The average Bonchev–Trinajstić information content (AvgIpc) is 2.81. The van der Waals surface area contributed by atoms with Crippen LogP contribution in [0.1, 0.15) is 6.92 Å². The summed E-state index contributed by atoms with van der Waals surface area (Å²) in [6, 6.07) is 5.96. The van der Waals surface area contributed by atoms with Crippen LogP contribution in [0.4, 0.5) is 5.69 Å². The van der Waals surface area contributed by atoms with Crippen LogP contribution in [0.15, 0.2) is 34.2 Å². The van der Waals surface area contributed by atoms with Crippen molar-refractivity contribution < 1.29 is 13.2 Å². The van der Waals surface area contributed by atoms with Gasteiger partial charge in [-0.05, 0) is 24.3 Å². The van der Waals surface area contributed by atoms with Gasteiger partial charge in [-0.2, -0.15) is 0 Å². The molecule has 19 heavy (non-hydrogen) atoms. The molecule has 2 rings (SSSR count). The summed E-state index contributed by atoms with van der Waals surface area (Å²) in [7, 11) is -3.60. The van der Waals surface area contributed by atoms with Crippen molar-refractivity contribution in [3.8, 4) is 0 Å². The fraction of sp³-hybridized carbons (Fsp3) is 0.273. The van der Waals surface area contributed by atoms with E-state index in [1.807, 2.05) is 0 Å². The van der Waals surface area contributed by atoms with Gasteiger partial charge in [-0.15, -0.1) is 0 Å². The molecule has 0 aliphatic carbocycles. The van der Waals surface area contributed by atoms with Gasteiger partial charge in [0.2, 0.25) is 5.91 Å². The second-order valence-corrected chi connectivity index (χ2v) is 6.61. The molecule has 6 nitrogen and oxygen atoms in total. The number of sulfonamides is 1. The van der Waals surface area contributed by atoms with Crippen molar-refractivity contribution in [2.75, 3.05) is 17.6 Å². The Morgan fingerprint density at radius 1 is 1.32 bits per heavy atom. The van der Waals surface area contributed by atoms with Crippen LogP contribution >= 0.6 is 11.8 Å². The smallest absolute Gasteiger partial charge is 0.263 e. The highest BCUT2D eigenvalue weighted by molar-refractivity contribution is 8.15. The Kier molecular flexibility index (Phi) is 4.11. The largest absolute Gasteiger partial charge is 0.326 e. The van der Waals surface area contributed by atoms with Crippen molar-refractivity contribution in [1.29, 1.82) is 0 Å². The summed E-state index contributed by atoms with van der Waals surface area (Å²) in [6.07, 6.45) is 0. The highest BCUT2D eigenvalue weighted by atomic mass is 32.2. The average molecular weight is 299 g/mol. The second kappa shape index (κ2) is 5.62. The lowest BCUT2D eigenvalue weighted by Gasteiger charge is -2.08. The highest BCUT2D eigenvalue weighted by Crippen LogP contribution is 2.16. The molecular formula is C11H13N3O3S2. The number of thioether (sulfide) groups is 1. The maximum Gasteiger partial charge on any atom is 0.263 e. The molecule has 1 aliphatic rings. The third-order valence-corrected chi connectivity index (χ3v) is 4.67. The van der Waals surface area contributed by atoms with Gasteiger partial charge in [0, 0.05) is 18.4 Å². The fourth-order valence-electron chi connectivity index (χ4n) is 1.49. The molecule has 0 spiro atoms. The number of nitrogens with one attached hydrogen (secondary N) is 2. The summed E-state index contributed by atoms with van der Waals surface area (Å²) in [5, 5.41) is 3.00. The van der Waals surface area contributed by atoms with E-state index in [0.717, 1.165) is 5.75 Å². The van der Waals surface area contributed by atoms with Gasteiger partial charge in [-0.3, -0.25) is 14.5 Å². The van der Waals surface area contributed by atoms with E-state index in [1.54, 1.807) is 12.1 Å². The van der Waals surface area contributed by atoms with Crippen molar-refractivity contribution in [2.24, 2.45) is 4.99 Å². The molecule has 0 aromatic heterocycles. The summed E-state index contributed by atoms with van der Waals surface area (Å²) in [5.41, 5.74) is 0.555. The third kappa shape index (κ3) is 3.71. The number of hydrogen-bond donors (Lipinski definition) is 2. The van der Waals surface area contributed by atoms with Crippen LogP contribution < -0.4 is 10.0 Å². The van der Waals surface area contributed by atoms with E-state index < -0.39 is 10.0 Å². The fourth-order valence-corrected chi connectivity index (χ4v) is 3.52. The molecule has 1 amide bonds. The Balaban J connectivity index is 2.14. The van der Waals surface area contributed by atoms with Gasteiger partial charge in [0.25, 0.3) is 10.0 Å². The molecule has 102 valence electrons. The van der Waals surface area contributed by atoms with Crippen LogP contribution in [0.3, 0.4) is 0 Å². The number of benzene rings is 1. The lowest BCUT2D eigenvalue weighted by Crippen LogP contribution is -2.27. The normalized spacial score (nSPS) is 14.9. The lowest BCUT2D eigenvalue weighted by molar-refractivity contribution is -0.114. The van der Waals surface area contributed by atoms with Crippen LogP contribution in [0, 0.1) is 0 Å². The first-order chi connectivity index (χ1) is 8.97. The molecule has 2 N–H and O–H groups in total. The Bertz CT molecular complexity index is 609. The second-order valence-electron chi connectivity index (χ2n) is 3.85. The monoisotopic (exact) mass is 299 g/mol. The molecule has 0 radical (unpaired) electrons. The molecule has 1 heterocycles. The zero-order chi connectivity index (χ0) is 13.9. The van der Waals surface area contributed by atoms with Crippen molar-refractivity contribution >= 4 is 38.5 Å². The number of carbonyl (C=O) groups excluding carboxylic acids is 1. The zero-order valence-electron chi connectivity index (χ0n) is 10.2. The lowest BCUT2D eigenvalue weighted by atomic mass is 10.3. The summed E-state index contributed by atoms with van der Waals surface area (Å²) < 4.78 is 26.5. The Morgan fingerprint density at radius 2 is 2.00 bits per heavy atom. The van der Waals surface area contributed by atoms with Crippen LogP contribution in [0.5, 0.6) is 0 Å². The van der Waals surface area contributed by atoms with E-state index in [9.17, 15) is 13.2 Å². The maximum atomic E-state index is 12.0. The number of amides is 1. The van der Waals surface area contributed by atoms with E-state index >= 15 is 0 Å². The van der Waals surface area contributed by atoms with Gasteiger partial charge in [-0.1, -0.05) is 11.8 Å². The topological polar surface area (TPSA) is 87.6 Å². The van der Waals surface area contributed by atoms with Crippen molar-refractivity contribution in [3.63, 3.8) is 0 Å². The number of anilines is 1. The SMILES string of the molecule is CC(=O)Nc1ccc(S(=O)(=O)NC2=NCCS2)cc1. The van der Waals surface area contributed by atoms with Gasteiger partial charge in [-0.25, -0.2) is 8.42 Å². The summed E-state index contributed by atoms with van der Waals surface area (Å²) in [5.74, 6) is 0.588. The molecule has 0 atom stereocenters. The molecule has 0 saturated carbocycles. The summed E-state index contributed by atoms with van der Waals surface area (Å²) in [4.78, 5) is 15.0. The number of amidine groups is 1. The van der Waals surface area contributed by atoms with Crippen LogP contribution in [-0.2, 0) is 14.8 Å². The number of carbonyl (C=O) groups is 1. The Morgan fingerprint density at radius 3 is 2.53 bits per heavy atom. The van der Waals surface area contributed by atoms with Gasteiger partial charge in [0.15, 0.2) is 5.17 Å². The number of nitrogens with zero attached hydrogens (tertiary/aromatic N) is 1. The molecule has 1 aromatic carbocycles. The molecule has 0 unspecified atom stereocenters. The summed E-state index contributed by atoms with van der Waals surface area (Å²) >= 11 is 1.38. The van der Waals surface area contributed by atoms with Crippen LogP contribution in [0.25, 0.3) is 0 Å². The van der Waals surface area contributed by atoms with E-state index in [0.29, 0.717) is 17.4 Å².